The molecular formula is C47H56N6O4. The Morgan fingerprint density at radius 1 is 0.649 bits per heavy atom. The van der Waals surface area contributed by atoms with E-state index < -0.39 is 11.2 Å². The van der Waals surface area contributed by atoms with Crippen LogP contribution in [0.1, 0.15) is 147 Å². The van der Waals surface area contributed by atoms with Gasteiger partial charge in [-0.25, -0.2) is 19.6 Å². The maximum atomic E-state index is 13.3. The maximum absolute atomic E-state index is 13.3. The van der Waals surface area contributed by atoms with Crippen LogP contribution in [0, 0.1) is 0 Å². The molecule has 2 N–H and O–H groups in total. The fourth-order valence-corrected chi connectivity index (χ4v) is 10.1. The fourth-order valence-electron chi connectivity index (χ4n) is 10.1. The highest BCUT2D eigenvalue weighted by atomic mass is 16.6. The normalized spacial score (nSPS) is 24.4. The summed E-state index contributed by atoms with van der Waals surface area (Å²) < 4.78 is 11.6. The number of hydrogen-bond donors (Lipinski definition) is 2. The summed E-state index contributed by atoms with van der Waals surface area (Å²) in [5, 5.41) is 0. The lowest BCUT2D eigenvalue weighted by Crippen LogP contribution is -2.40. The van der Waals surface area contributed by atoms with Crippen LogP contribution in [-0.2, 0) is 9.47 Å². The van der Waals surface area contributed by atoms with Gasteiger partial charge >= 0.3 is 12.2 Å². The smallest absolute Gasteiger partial charge is 0.411 e. The Labute approximate surface area is 335 Å². The van der Waals surface area contributed by atoms with Gasteiger partial charge in [0, 0.05) is 12.1 Å². The van der Waals surface area contributed by atoms with E-state index in [2.05, 4.69) is 78.4 Å². The van der Waals surface area contributed by atoms with Crippen molar-refractivity contribution in [1.82, 2.24) is 29.7 Å². The van der Waals surface area contributed by atoms with Crippen molar-refractivity contribution in [3.8, 4) is 33.5 Å². The van der Waals surface area contributed by atoms with E-state index in [1.54, 1.807) is 0 Å². The van der Waals surface area contributed by atoms with Gasteiger partial charge in [0.1, 0.15) is 22.9 Å². The van der Waals surface area contributed by atoms with Crippen LogP contribution >= 0.6 is 0 Å². The molecule has 2 saturated heterocycles. The predicted octanol–water partition coefficient (Wildman–Crippen LogP) is 11.6. The van der Waals surface area contributed by atoms with E-state index >= 15 is 0 Å². The summed E-state index contributed by atoms with van der Waals surface area (Å²) in [4.78, 5) is 47.0. The molecule has 9 rings (SSSR count). The summed E-state index contributed by atoms with van der Waals surface area (Å²) in [5.74, 6) is 2.76. The van der Waals surface area contributed by atoms with E-state index in [1.807, 2.05) is 57.5 Å². The zero-order valence-corrected chi connectivity index (χ0v) is 34.6. The number of aromatic amines is 2. The van der Waals surface area contributed by atoms with Crippen LogP contribution < -0.4 is 0 Å². The van der Waals surface area contributed by atoms with Crippen LogP contribution in [0.15, 0.2) is 60.8 Å². The van der Waals surface area contributed by atoms with Crippen LogP contribution in [0.3, 0.4) is 0 Å². The van der Waals surface area contributed by atoms with Crippen molar-refractivity contribution >= 4 is 23.2 Å². The number of H-pyrrole nitrogens is 2. The third-order valence-corrected chi connectivity index (χ3v) is 12.6. The molecule has 2 aromatic heterocycles. The number of likely N-dealkylation sites (tertiary alicyclic amines) is 2. The second-order valence-corrected chi connectivity index (χ2v) is 19.0. The Bertz CT molecular complexity index is 2350. The molecule has 2 bridgehead atoms. The fraction of sp³-hybridized carbons (Fsp3) is 0.489. The number of ether oxygens (including phenoxy) is 2. The zero-order chi connectivity index (χ0) is 40.0. The summed E-state index contributed by atoms with van der Waals surface area (Å²) in [7, 11) is 0. The number of fused-ring (bicyclic) bond motifs is 6. The largest absolute Gasteiger partial charge is 0.444 e. The van der Waals surface area contributed by atoms with Gasteiger partial charge in [-0.2, -0.15) is 0 Å². The van der Waals surface area contributed by atoms with Crippen LogP contribution in [0.2, 0.25) is 0 Å². The minimum Gasteiger partial charge on any atom is -0.444 e. The molecule has 10 heteroatoms. The summed E-state index contributed by atoms with van der Waals surface area (Å²) in [6.45, 7) is 15.6. The number of hydrogen-bond acceptors (Lipinski definition) is 6. The Balaban J connectivity index is 0.978. The first-order valence-corrected chi connectivity index (χ1v) is 21.0. The highest BCUT2D eigenvalue weighted by Crippen LogP contribution is 2.58. The summed E-state index contributed by atoms with van der Waals surface area (Å²) in [6.07, 6.45) is 8.52. The highest BCUT2D eigenvalue weighted by molar-refractivity contribution is 5.86. The Hall–Kier alpha value is -5.12. The topological polar surface area (TPSA) is 116 Å². The number of carbonyl (C=O) groups is 2. The number of aromatic nitrogens is 4. The molecular weight excluding hydrogens is 713 g/mol. The van der Waals surface area contributed by atoms with Crippen molar-refractivity contribution in [2.24, 2.45) is 0 Å². The van der Waals surface area contributed by atoms with Gasteiger partial charge in [-0.3, -0.25) is 9.80 Å². The second kappa shape index (κ2) is 13.8. The zero-order valence-electron chi connectivity index (χ0n) is 34.6. The van der Waals surface area contributed by atoms with Gasteiger partial charge in [-0.1, -0.05) is 42.5 Å². The summed E-state index contributed by atoms with van der Waals surface area (Å²) in [6, 6.07) is 20.0. The minimum absolute atomic E-state index is 0.0871. The Kier molecular flexibility index (Phi) is 9.05. The van der Waals surface area contributed by atoms with Crippen LogP contribution in [0.5, 0.6) is 0 Å². The molecule has 2 amide bonds. The number of benzene rings is 3. The van der Waals surface area contributed by atoms with Crippen molar-refractivity contribution in [2.75, 3.05) is 0 Å². The third-order valence-electron chi connectivity index (χ3n) is 12.6. The number of nitrogens with one attached hydrogen (secondary N) is 2. The molecule has 2 unspecified atom stereocenters. The molecule has 5 aromatic rings. The van der Waals surface area contributed by atoms with Gasteiger partial charge < -0.3 is 19.4 Å². The molecule has 57 heavy (non-hydrogen) atoms. The van der Waals surface area contributed by atoms with Gasteiger partial charge in [-0.15, -0.1) is 0 Å². The van der Waals surface area contributed by atoms with E-state index in [4.69, 9.17) is 19.4 Å². The lowest BCUT2D eigenvalue weighted by atomic mass is 9.81. The standard InChI is InChI=1S/C47H56N6O4/c1-26-9-21-38(52(26)44(54)56-46(3,4)5)42-48-25-37(51-42)29-13-11-28(12-14-29)33-18-19-34(41-32-16-15-31(23-32)40(33)41)30-17-20-35-36(24-30)50-43(49-35)39-22-10-27(2)53(39)45(55)57-47(6,7)8/h11-14,17-20,24-27,31-32,38-39H,9-10,15-16,21-23H2,1-8H3,(H,48,51)(H,49,50)/t26-,27-,31?,32?,38-,39-/m0/s1. The van der Waals surface area contributed by atoms with E-state index in [1.165, 1.54) is 52.6 Å². The SMILES string of the molecule is C[C@H]1CC[C@@H](c2ncc(-c3ccc(-c4ccc(-c5ccc6nc([C@@H]7CC[C@H](C)N7C(=O)OC(C)(C)C)[nH]c6c5)c5c4C4CCC5C4)cc3)[nH]2)N1C(=O)OC(C)(C)C. The van der Waals surface area contributed by atoms with E-state index in [-0.39, 0.29) is 36.4 Å². The third kappa shape index (κ3) is 6.88. The molecule has 2 aliphatic carbocycles. The predicted molar refractivity (Wildman–Crippen MR) is 223 cm³/mol. The maximum Gasteiger partial charge on any atom is 0.411 e. The van der Waals surface area contributed by atoms with Crippen molar-refractivity contribution in [1.29, 1.82) is 0 Å². The van der Waals surface area contributed by atoms with Crippen molar-refractivity contribution in [2.45, 2.75) is 148 Å². The molecule has 3 fully saturated rings. The van der Waals surface area contributed by atoms with Gasteiger partial charge in [0.05, 0.1) is 35.0 Å². The molecule has 4 aliphatic rings. The second-order valence-electron chi connectivity index (χ2n) is 19.0. The Morgan fingerprint density at radius 2 is 1.18 bits per heavy atom. The number of nitrogens with zero attached hydrogens (tertiary/aromatic N) is 4. The molecule has 0 radical (unpaired) electrons. The minimum atomic E-state index is -0.556. The number of amides is 2. The monoisotopic (exact) mass is 768 g/mol. The first-order chi connectivity index (χ1) is 27.1. The number of rotatable bonds is 5. The number of imidazole rings is 2. The van der Waals surface area contributed by atoms with Gasteiger partial charge in [0.2, 0.25) is 0 Å². The first-order valence-electron chi connectivity index (χ1n) is 21.0. The van der Waals surface area contributed by atoms with E-state index in [9.17, 15) is 9.59 Å². The van der Waals surface area contributed by atoms with Gasteiger partial charge in [0.25, 0.3) is 0 Å². The quantitative estimate of drug-likeness (QED) is 0.184. The van der Waals surface area contributed by atoms with Crippen LogP contribution in [0.4, 0.5) is 9.59 Å². The highest BCUT2D eigenvalue weighted by Gasteiger charge is 2.42. The van der Waals surface area contributed by atoms with Crippen molar-refractivity contribution < 1.29 is 19.1 Å². The van der Waals surface area contributed by atoms with Gasteiger partial charge in [-0.05, 0) is 163 Å². The Morgan fingerprint density at radius 3 is 1.75 bits per heavy atom. The lowest BCUT2D eigenvalue weighted by Gasteiger charge is -2.30. The van der Waals surface area contributed by atoms with Crippen LogP contribution in [0.25, 0.3) is 44.5 Å². The molecule has 3 aromatic carbocycles. The number of carbonyl (C=O) groups excluding carboxylic acids is 2. The average Bonchev–Trinajstić information content (AvgIpc) is 4.00. The summed E-state index contributed by atoms with van der Waals surface area (Å²) in [5.41, 5.74) is 10.9. The van der Waals surface area contributed by atoms with Crippen molar-refractivity contribution in [3.05, 3.63) is 83.6 Å². The molecule has 2 aliphatic heterocycles. The van der Waals surface area contributed by atoms with Crippen molar-refractivity contribution in [3.63, 3.8) is 0 Å². The average molecular weight is 769 g/mol. The van der Waals surface area contributed by atoms with E-state index in [0.717, 1.165) is 59.6 Å². The molecule has 6 atom stereocenters. The molecule has 4 heterocycles. The van der Waals surface area contributed by atoms with E-state index in [0.29, 0.717) is 11.8 Å². The molecule has 0 spiro atoms. The molecule has 298 valence electrons. The lowest BCUT2D eigenvalue weighted by molar-refractivity contribution is 0.0141. The molecule has 10 nitrogen and oxygen atoms in total. The first kappa shape index (κ1) is 37.5. The van der Waals surface area contributed by atoms with Crippen LogP contribution in [-0.4, -0.2) is 65.2 Å². The summed E-state index contributed by atoms with van der Waals surface area (Å²) >= 11 is 0. The molecule has 1 saturated carbocycles. The van der Waals surface area contributed by atoms with Gasteiger partial charge in [0.15, 0.2) is 0 Å².